The molecule has 2 aliphatic heterocycles. The van der Waals surface area contributed by atoms with E-state index < -0.39 is 12.0 Å². The minimum absolute atomic E-state index is 0.00109. The molecule has 2 rings (SSSR count). The molecule has 0 bridgehead atoms. The van der Waals surface area contributed by atoms with Crippen LogP contribution in [0.25, 0.3) is 0 Å². The highest BCUT2D eigenvalue weighted by molar-refractivity contribution is 5.85. The number of hydrogen-bond donors (Lipinski definition) is 1. The van der Waals surface area contributed by atoms with Crippen molar-refractivity contribution < 1.29 is 19.5 Å². The van der Waals surface area contributed by atoms with Crippen molar-refractivity contribution in [3.63, 3.8) is 0 Å². The molecule has 2 heterocycles. The van der Waals surface area contributed by atoms with Crippen LogP contribution in [0, 0.1) is 11.8 Å². The van der Waals surface area contributed by atoms with Crippen molar-refractivity contribution in [2.45, 2.75) is 96.9 Å². The molecule has 1 unspecified atom stereocenters. The summed E-state index contributed by atoms with van der Waals surface area (Å²) >= 11 is 0. The monoisotopic (exact) mass is 408 g/mol. The van der Waals surface area contributed by atoms with Gasteiger partial charge in [-0.3, -0.25) is 9.59 Å². The third-order valence-electron chi connectivity index (χ3n) is 6.61. The average Bonchev–Trinajstić information content (AvgIpc) is 3.41. The molecule has 0 aromatic carbocycles. The Kier molecular flexibility index (Phi) is 9.95. The van der Waals surface area contributed by atoms with Gasteiger partial charge in [-0.15, -0.1) is 0 Å². The highest BCUT2D eigenvalue weighted by atomic mass is 16.4. The fraction of sp³-hybridized carbons (Fsp3) is 0.870. The van der Waals surface area contributed by atoms with E-state index in [1.165, 1.54) is 0 Å². The Hall–Kier alpha value is -1.59. The van der Waals surface area contributed by atoms with Gasteiger partial charge in [-0.25, -0.2) is 4.79 Å². The lowest BCUT2D eigenvalue weighted by atomic mass is 9.88. The molecule has 0 aromatic rings. The molecule has 2 fully saturated rings. The minimum atomic E-state index is -0.893. The van der Waals surface area contributed by atoms with E-state index in [0.29, 0.717) is 19.4 Å². The van der Waals surface area contributed by atoms with E-state index in [9.17, 15) is 19.5 Å². The van der Waals surface area contributed by atoms with Gasteiger partial charge < -0.3 is 14.9 Å². The first-order chi connectivity index (χ1) is 14.0. The molecule has 0 aromatic heterocycles. The molecule has 166 valence electrons. The zero-order valence-corrected chi connectivity index (χ0v) is 18.4. The molecule has 29 heavy (non-hydrogen) atoms. The van der Waals surface area contributed by atoms with E-state index in [1.54, 1.807) is 4.90 Å². The predicted octanol–water partition coefficient (Wildman–Crippen LogP) is 4.08. The summed E-state index contributed by atoms with van der Waals surface area (Å²) in [6.07, 6.45) is 10.7. The maximum absolute atomic E-state index is 13.2. The molecule has 0 radical (unpaired) electrons. The zero-order chi connectivity index (χ0) is 21.2. The summed E-state index contributed by atoms with van der Waals surface area (Å²) in [6.45, 7) is 6.54. The van der Waals surface area contributed by atoms with Gasteiger partial charge in [0, 0.05) is 31.5 Å². The van der Waals surface area contributed by atoms with Gasteiger partial charge in [0.2, 0.25) is 11.8 Å². The molecule has 0 saturated carbocycles. The van der Waals surface area contributed by atoms with Crippen LogP contribution in [0.5, 0.6) is 0 Å². The first kappa shape index (κ1) is 23.7. The van der Waals surface area contributed by atoms with E-state index >= 15 is 0 Å². The van der Waals surface area contributed by atoms with Gasteiger partial charge in [0.15, 0.2) is 0 Å². The maximum Gasteiger partial charge on any atom is 0.326 e. The molecule has 3 atom stereocenters. The second-order valence-corrected chi connectivity index (χ2v) is 8.82. The van der Waals surface area contributed by atoms with E-state index in [0.717, 1.165) is 77.3 Å². The number of carboxylic acids is 1. The summed E-state index contributed by atoms with van der Waals surface area (Å²) in [5.41, 5.74) is 0. The Labute approximate surface area is 176 Å². The molecule has 0 aliphatic carbocycles. The normalized spacial score (nSPS) is 21.4. The Morgan fingerprint density at radius 1 is 0.828 bits per heavy atom. The summed E-state index contributed by atoms with van der Waals surface area (Å²) in [5.74, 6) is -0.798. The number of carboxylic acid groups (broad SMARTS) is 1. The number of amides is 2. The fourth-order valence-corrected chi connectivity index (χ4v) is 4.80. The van der Waals surface area contributed by atoms with Gasteiger partial charge in [-0.2, -0.15) is 0 Å². The van der Waals surface area contributed by atoms with Crippen LogP contribution in [0.2, 0.25) is 0 Å². The van der Waals surface area contributed by atoms with Crippen LogP contribution >= 0.6 is 0 Å². The number of carbonyl (C=O) groups excluding carboxylic acids is 2. The first-order valence-corrected chi connectivity index (χ1v) is 11.8. The molecule has 1 N–H and O–H groups in total. The van der Waals surface area contributed by atoms with Crippen molar-refractivity contribution in [2.24, 2.45) is 11.8 Å². The van der Waals surface area contributed by atoms with Crippen molar-refractivity contribution in [1.82, 2.24) is 9.80 Å². The second kappa shape index (κ2) is 12.2. The van der Waals surface area contributed by atoms with Gasteiger partial charge in [-0.05, 0) is 51.4 Å². The van der Waals surface area contributed by atoms with Gasteiger partial charge in [-0.1, -0.05) is 39.5 Å². The molecule has 2 saturated heterocycles. The highest BCUT2D eigenvalue weighted by Crippen LogP contribution is 2.28. The number of hydrogen-bond acceptors (Lipinski definition) is 3. The quantitative estimate of drug-likeness (QED) is 0.528. The summed E-state index contributed by atoms with van der Waals surface area (Å²) < 4.78 is 0. The van der Waals surface area contributed by atoms with E-state index in [4.69, 9.17) is 0 Å². The van der Waals surface area contributed by atoms with Gasteiger partial charge in [0.25, 0.3) is 0 Å². The molecular formula is C23H40N2O4. The Morgan fingerprint density at radius 3 is 1.90 bits per heavy atom. The number of unbranched alkanes of at least 4 members (excludes halogenated alkanes) is 2. The standard InChI is InChI=1S/C23H40N2O4/c1-3-5-10-18(21(26)24-15-7-8-16-24)13-14-19(11-6-4-2)22(27)25-17-9-12-20(25)23(28)29/h18-20H,3-17H2,1-2H3,(H,28,29)/t18-,19?,20-/m1/s1. The van der Waals surface area contributed by atoms with Gasteiger partial charge in [0.1, 0.15) is 6.04 Å². The van der Waals surface area contributed by atoms with Crippen LogP contribution < -0.4 is 0 Å². The maximum atomic E-state index is 13.2. The molecule has 2 aliphatic rings. The fourth-order valence-electron chi connectivity index (χ4n) is 4.80. The van der Waals surface area contributed by atoms with Crippen LogP contribution in [0.1, 0.15) is 90.9 Å². The first-order valence-electron chi connectivity index (χ1n) is 11.8. The van der Waals surface area contributed by atoms with Crippen LogP contribution in [-0.2, 0) is 14.4 Å². The molecule has 6 nitrogen and oxygen atoms in total. The van der Waals surface area contributed by atoms with Crippen LogP contribution in [0.3, 0.4) is 0 Å². The summed E-state index contributed by atoms with van der Waals surface area (Å²) in [6, 6.07) is -0.672. The van der Waals surface area contributed by atoms with Crippen LogP contribution in [0.15, 0.2) is 0 Å². The number of rotatable bonds is 12. The van der Waals surface area contributed by atoms with Gasteiger partial charge >= 0.3 is 5.97 Å². The summed E-state index contributed by atoms with van der Waals surface area (Å²) in [5, 5.41) is 9.46. The number of carbonyl (C=O) groups is 3. The van der Waals surface area contributed by atoms with E-state index in [1.807, 2.05) is 4.90 Å². The third kappa shape index (κ3) is 6.71. The lowest BCUT2D eigenvalue weighted by molar-refractivity contribution is -0.150. The topological polar surface area (TPSA) is 77.9 Å². The van der Waals surface area contributed by atoms with Crippen molar-refractivity contribution in [3.05, 3.63) is 0 Å². The zero-order valence-electron chi connectivity index (χ0n) is 18.4. The summed E-state index contributed by atoms with van der Waals surface area (Å²) in [4.78, 5) is 41.3. The lowest BCUT2D eigenvalue weighted by Crippen LogP contribution is -2.43. The predicted molar refractivity (Wildman–Crippen MR) is 113 cm³/mol. The van der Waals surface area contributed by atoms with Crippen LogP contribution in [-0.4, -0.2) is 58.4 Å². The largest absolute Gasteiger partial charge is 0.480 e. The highest BCUT2D eigenvalue weighted by Gasteiger charge is 2.37. The third-order valence-corrected chi connectivity index (χ3v) is 6.61. The Bertz CT molecular complexity index is 545. The van der Waals surface area contributed by atoms with Crippen molar-refractivity contribution in [3.8, 4) is 0 Å². The minimum Gasteiger partial charge on any atom is -0.480 e. The lowest BCUT2D eigenvalue weighted by Gasteiger charge is -2.28. The van der Waals surface area contributed by atoms with Crippen molar-refractivity contribution >= 4 is 17.8 Å². The summed E-state index contributed by atoms with van der Waals surface area (Å²) in [7, 11) is 0. The van der Waals surface area contributed by atoms with Crippen molar-refractivity contribution in [2.75, 3.05) is 19.6 Å². The molecule has 6 heteroatoms. The molecule has 0 spiro atoms. The van der Waals surface area contributed by atoms with Gasteiger partial charge in [0.05, 0.1) is 0 Å². The van der Waals surface area contributed by atoms with Crippen LogP contribution in [0.4, 0.5) is 0 Å². The number of aliphatic carboxylic acids is 1. The van der Waals surface area contributed by atoms with E-state index in [2.05, 4.69) is 13.8 Å². The number of likely N-dealkylation sites (tertiary alicyclic amines) is 2. The van der Waals surface area contributed by atoms with Crippen molar-refractivity contribution in [1.29, 1.82) is 0 Å². The SMILES string of the molecule is CCCCC(CC[C@@H](CCCC)C(=O)N1CCCC1)C(=O)N1CCC[C@@H]1C(=O)O. The average molecular weight is 409 g/mol. The smallest absolute Gasteiger partial charge is 0.326 e. The Morgan fingerprint density at radius 2 is 1.38 bits per heavy atom. The second-order valence-electron chi connectivity index (χ2n) is 8.82. The molecular weight excluding hydrogens is 368 g/mol. The molecule has 2 amide bonds. The Balaban J connectivity index is 2.02. The number of nitrogens with zero attached hydrogens (tertiary/aromatic N) is 2. The van der Waals surface area contributed by atoms with E-state index in [-0.39, 0.29) is 23.7 Å².